The molecule has 0 spiro atoms. The van der Waals surface area contributed by atoms with Gasteiger partial charge in [-0.2, -0.15) is 0 Å². The van der Waals surface area contributed by atoms with E-state index in [2.05, 4.69) is 24.2 Å². The molecule has 0 aromatic rings. The van der Waals surface area contributed by atoms with E-state index in [0.717, 1.165) is 11.7 Å². The van der Waals surface area contributed by atoms with Crippen molar-refractivity contribution >= 4 is 22.8 Å². The molecule has 0 saturated heterocycles. The van der Waals surface area contributed by atoms with E-state index < -0.39 is 5.91 Å². The molecule has 3 N–H and O–H groups in total. The molecule has 0 fully saturated rings. The summed E-state index contributed by atoms with van der Waals surface area (Å²) in [5.74, 6) is 0.274. The van der Waals surface area contributed by atoms with Crippen LogP contribution >= 0.6 is 11.8 Å². The first-order valence-corrected chi connectivity index (χ1v) is 6.77. The molecule has 1 atom stereocenters. The lowest BCUT2D eigenvalue weighted by molar-refractivity contribution is -0.122. The van der Waals surface area contributed by atoms with Crippen molar-refractivity contribution in [2.75, 3.05) is 26.3 Å². The van der Waals surface area contributed by atoms with Crippen molar-refractivity contribution in [1.82, 2.24) is 5.32 Å². The summed E-state index contributed by atoms with van der Waals surface area (Å²) in [5.41, 5.74) is 4.95. The summed E-state index contributed by atoms with van der Waals surface area (Å²) >= 11 is 1.80. The standard InChI is InChI=1S/C11H21N3O2S/c1-8(2)5-9-6-14-11(17-9)13-3-4-16-7-10(12)15/h8-9H,3-7H2,1-2H3,(H2,12,15)(H,13,14). The van der Waals surface area contributed by atoms with Crippen molar-refractivity contribution < 1.29 is 9.53 Å². The molecule has 0 bridgehead atoms. The number of hydrogen-bond donors (Lipinski definition) is 2. The minimum absolute atomic E-state index is 0.0166. The zero-order valence-corrected chi connectivity index (χ0v) is 11.3. The third-order valence-electron chi connectivity index (χ3n) is 2.22. The van der Waals surface area contributed by atoms with Gasteiger partial charge in [0, 0.05) is 11.8 Å². The molecule has 0 aliphatic carbocycles. The average Bonchev–Trinajstić information content (AvgIpc) is 2.63. The van der Waals surface area contributed by atoms with Crippen LogP contribution in [0.2, 0.25) is 0 Å². The number of carbonyl (C=O) groups is 1. The largest absolute Gasteiger partial charge is 0.370 e. The minimum atomic E-state index is -0.436. The zero-order valence-electron chi connectivity index (χ0n) is 10.4. The molecule has 0 aromatic heterocycles. The summed E-state index contributed by atoms with van der Waals surface area (Å²) in [5, 5.41) is 4.78. The van der Waals surface area contributed by atoms with E-state index >= 15 is 0 Å². The van der Waals surface area contributed by atoms with Gasteiger partial charge in [-0.15, -0.1) is 0 Å². The van der Waals surface area contributed by atoms with Crippen LogP contribution in [0.1, 0.15) is 20.3 Å². The number of ether oxygens (including phenoxy) is 1. The highest BCUT2D eigenvalue weighted by atomic mass is 32.2. The van der Waals surface area contributed by atoms with Crippen LogP contribution in [-0.4, -0.2) is 42.6 Å². The van der Waals surface area contributed by atoms with Crippen LogP contribution in [-0.2, 0) is 9.53 Å². The number of nitrogens with two attached hydrogens (primary N) is 1. The quantitative estimate of drug-likeness (QED) is 0.656. The molecule has 1 aliphatic rings. The van der Waals surface area contributed by atoms with Crippen molar-refractivity contribution in [3.63, 3.8) is 0 Å². The van der Waals surface area contributed by atoms with Crippen molar-refractivity contribution in [1.29, 1.82) is 0 Å². The highest BCUT2D eigenvalue weighted by Crippen LogP contribution is 2.25. The summed E-state index contributed by atoms with van der Waals surface area (Å²) in [6.07, 6.45) is 1.19. The maximum Gasteiger partial charge on any atom is 0.243 e. The predicted molar refractivity (Wildman–Crippen MR) is 71.2 cm³/mol. The maximum absolute atomic E-state index is 10.4. The van der Waals surface area contributed by atoms with Crippen molar-refractivity contribution in [2.45, 2.75) is 25.5 Å². The normalized spacial score (nSPS) is 19.5. The average molecular weight is 259 g/mol. The molecule has 0 aromatic carbocycles. The zero-order chi connectivity index (χ0) is 12.7. The Morgan fingerprint density at radius 3 is 3.12 bits per heavy atom. The van der Waals surface area contributed by atoms with Crippen molar-refractivity contribution in [3.8, 4) is 0 Å². The Labute approximate surface area is 107 Å². The lowest BCUT2D eigenvalue weighted by atomic mass is 10.1. The highest BCUT2D eigenvalue weighted by Gasteiger charge is 2.19. The summed E-state index contributed by atoms with van der Waals surface area (Å²) in [6, 6.07) is 0. The third-order valence-corrected chi connectivity index (χ3v) is 3.39. The number of amidine groups is 1. The number of nitrogens with zero attached hydrogens (tertiary/aromatic N) is 1. The molecule has 0 saturated carbocycles. The molecular weight excluding hydrogens is 238 g/mol. The minimum Gasteiger partial charge on any atom is -0.370 e. The van der Waals surface area contributed by atoms with Crippen LogP contribution < -0.4 is 11.1 Å². The van der Waals surface area contributed by atoms with Crippen LogP contribution in [0, 0.1) is 5.92 Å². The fourth-order valence-electron chi connectivity index (χ4n) is 1.57. The van der Waals surface area contributed by atoms with E-state index in [1.807, 2.05) is 0 Å². The third kappa shape index (κ3) is 6.53. The van der Waals surface area contributed by atoms with Gasteiger partial charge in [0.15, 0.2) is 5.17 Å². The van der Waals surface area contributed by atoms with Crippen LogP contribution in [0.25, 0.3) is 0 Å². The monoisotopic (exact) mass is 259 g/mol. The van der Waals surface area contributed by atoms with Gasteiger partial charge < -0.3 is 15.8 Å². The molecule has 1 heterocycles. The molecular formula is C11H21N3O2S. The summed E-state index contributed by atoms with van der Waals surface area (Å²) in [4.78, 5) is 14.8. The molecule has 17 heavy (non-hydrogen) atoms. The van der Waals surface area contributed by atoms with E-state index in [9.17, 15) is 4.79 Å². The molecule has 0 radical (unpaired) electrons. The van der Waals surface area contributed by atoms with E-state index in [-0.39, 0.29) is 6.61 Å². The fraction of sp³-hybridized carbons (Fsp3) is 0.818. The number of primary amides is 1. The number of carbonyl (C=O) groups excluding carboxylic acids is 1. The van der Waals surface area contributed by atoms with E-state index in [1.54, 1.807) is 11.8 Å². The second-order valence-corrected chi connectivity index (χ2v) is 5.75. The Morgan fingerprint density at radius 2 is 2.47 bits per heavy atom. The lowest BCUT2D eigenvalue weighted by Gasteiger charge is -2.11. The van der Waals surface area contributed by atoms with Crippen LogP contribution in [0.3, 0.4) is 0 Å². The highest BCUT2D eigenvalue weighted by molar-refractivity contribution is 8.14. The Kier molecular flexibility index (Phi) is 6.36. The Balaban J connectivity index is 2.04. The summed E-state index contributed by atoms with van der Waals surface area (Å²) in [7, 11) is 0. The molecule has 1 rings (SSSR count). The Bertz CT molecular complexity index is 282. The van der Waals surface area contributed by atoms with Crippen LogP contribution in [0.5, 0.6) is 0 Å². The Morgan fingerprint density at radius 1 is 1.71 bits per heavy atom. The number of rotatable bonds is 7. The van der Waals surface area contributed by atoms with Gasteiger partial charge in [-0.05, 0) is 12.3 Å². The first-order valence-electron chi connectivity index (χ1n) is 5.89. The van der Waals surface area contributed by atoms with E-state index in [4.69, 9.17) is 10.5 Å². The van der Waals surface area contributed by atoms with Gasteiger partial charge in [0.05, 0.1) is 13.2 Å². The fourth-order valence-corrected chi connectivity index (χ4v) is 2.85. The van der Waals surface area contributed by atoms with E-state index in [0.29, 0.717) is 24.3 Å². The van der Waals surface area contributed by atoms with Crippen molar-refractivity contribution in [3.05, 3.63) is 0 Å². The van der Waals surface area contributed by atoms with Crippen molar-refractivity contribution in [2.24, 2.45) is 16.6 Å². The predicted octanol–water partition coefficient (Wildman–Crippen LogP) is 0.595. The summed E-state index contributed by atoms with van der Waals surface area (Å²) < 4.78 is 5.04. The number of thioether (sulfide) groups is 1. The van der Waals surface area contributed by atoms with Gasteiger partial charge in [0.2, 0.25) is 5.91 Å². The van der Waals surface area contributed by atoms with Gasteiger partial charge in [0.25, 0.3) is 0 Å². The first-order chi connectivity index (χ1) is 8.08. The molecule has 1 amide bonds. The molecule has 5 nitrogen and oxygen atoms in total. The van der Waals surface area contributed by atoms with Gasteiger partial charge in [-0.1, -0.05) is 25.6 Å². The Hall–Kier alpha value is -0.750. The second-order valence-electron chi connectivity index (χ2n) is 4.46. The smallest absolute Gasteiger partial charge is 0.243 e. The van der Waals surface area contributed by atoms with Gasteiger partial charge >= 0.3 is 0 Å². The van der Waals surface area contributed by atoms with Gasteiger partial charge in [0.1, 0.15) is 6.61 Å². The van der Waals surface area contributed by atoms with Crippen LogP contribution in [0.15, 0.2) is 4.99 Å². The van der Waals surface area contributed by atoms with Gasteiger partial charge in [-0.25, -0.2) is 0 Å². The molecule has 1 unspecified atom stereocenters. The first kappa shape index (κ1) is 14.3. The molecule has 1 aliphatic heterocycles. The topological polar surface area (TPSA) is 76.7 Å². The second kappa shape index (κ2) is 7.55. The lowest BCUT2D eigenvalue weighted by Crippen LogP contribution is -2.26. The van der Waals surface area contributed by atoms with Gasteiger partial charge in [-0.3, -0.25) is 9.79 Å². The summed E-state index contributed by atoms with van der Waals surface area (Å²) in [6.45, 7) is 6.46. The number of amides is 1. The van der Waals surface area contributed by atoms with Crippen LogP contribution in [0.4, 0.5) is 0 Å². The molecule has 98 valence electrons. The SMILES string of the molecule is CC(C)CC1CN=C(NCCOCC(N)=O)S1. The number of nitrogens with one attached hydrogen (secondary N) is 1. The maximum atomic E-state index is 10.4. The van der Waals surface area contributed by atoms with E-state index in [1.165, 1.54) is 6.42 Å². The molecule has 6 heteroatoms. The number of hydrogen-bond acceptors (Lipinski definition) is 5. The number of aliphatic imine (C=N–C) groups is 1.